The standard InChI is InChI=1S/C56H35N5O/c1-3-15-36(16-4-1)55-57-58-56(37-17-5-2-6-18-37)61(55)42-29-30-44-43-23-7-10-26-48(43)60(51(44)35-42)41-22-14-20-39(34-41)38-19-13-21-40(33-38)59-49-27-11-8-25-47(49)53-50(59)32-31-46-45-24-9-12-28-52(45)62-54(46)53/h1-35H. The molecule has 0 aliphatic rings. The number of hydrogen-bond acceptors (Lipinski definition) is 3. The van der Waals surface area contributed by atoms with Crippen molar-refractivity contribution in [3.63, 3.8) is 0 Å². The van der Waals surface area contributed by atoms with Crippen LogP contribution in [0.2, 0.25) is 0 Å². The van der Waals surface area contributed by atoms with E-state index in [-0.39, 0.29) is 0 Å². The molecule has 0 amide bonds. The van der Waals surface area contributed by atoms with Crippen molar-refractivity contribution in [1.82, 2.24) is 23.9 Å². The molecule has 6 heteroatoms. The first-order valence-corrected chi connectivity index (χ1v) is 20.9. The largest absolute Gasteiger partial charge is 0.455 e. The molecule has 6 nitrogen and oxygen atoms in total. The van der Waals surface area contributed by atoms with Crippen molar-refractivity contribution in [2.45, 2.75) is 0 Å². The molecule has 13 aromatic rings. The average Bonchev–Trinajstić information content (AvgIpc) is 4.11. The molecular formula is C56H35N5O. The van der Waals surface area contributed by atoms with Gasteiger partial charge in [-0.05, 0) is 77.9 Å². The van der Waals surface area contributed by atoms with Crippen LogP contribution in [0.3, 0.4) is 0 Å². The van der Waals surface area contributed by atoms with Crippen molar-refractivity contribution in [2.24, 2.45) is 0 Å². The molecule has 0 N–H and O–H groups in total. The lowest BCUT2D eigenvalue weighted by molar-refractivity contribution is 0.673. The molecule has 0 bridgehead atoms. The maximum atomic E-state index is 6.58. The van der Waals surface area contributed by atoms with Gasteiger partial charge in [0.15, 0.2) is 11.6 Å². The molecule has 4 heterocycles. The first-order valence-electron chi connectivity index (χ1n) is 20.9. The van der Waals surface area contributed by atoms with Crippen LogP contribution in [0, 0.1) is 0 Å². The maximum Gasteiger partial charge on any atom is 0.168 e. The summed E-state index contributed by atoms with van der Waals surface area (Å²) in [5.41, 5.74) is 13.7. The third-order valence-corrected chi connectivity index (χ3v) is 12.4. The van der Waals surface area contributed by atoms with Crippen LogP contribution in [0.25, 0.3) is 117 Å². The van der Waals surface area contributed by atoms with Crippen molar-refractivity contribution >= 4 is 65.6 Å². The lowest BCUT2D eigenvalue weighted by Crippen LogP contribution is -2.01. The normalized spacial score (nSPS) is 11.9. The Balaban J connectivity index is 0.976. The van der Waals surface area contributed by atoms with Crippen LogP contribution in [0.15, 0.2) is 217 Å². The van der Waals surface area contributed by atoms with E-state index in [0.717, 1.165) is 100 Å². The van der Waals surface area contributed by atoms with Gasteiger partial charge < -0.3 is 13.6 Å². The van der Waals surface area contributed by atoms with Gasteiger partial charge in [0.1, 0.15) is 11.2 Å². The van der Waals surface area contributed by atoms with Crippen molar-refractivity contribution in [3.8, 4) is 51.0 Å². The lowest BCUT2D eigenvalue weighted by Gasteiger charge is -2.14. The minimum Gasteiger partial charge on any atom is -0.455 e. The number of aromatic nitrogens is 5. The van der Waals surface area contributed by atoms with Crippen LogP contribution in [-0.2, 0) is 0 Å². The summed E-state index contributed by atoms with van der Waals surface area (Å²) in [6.07, 6.45) is 0. The molecule has 290 valence electrons. The summed E-state index contributed by atoms with van der Waals surface area (Å²) >= 11 is 0. The van der Waals surface area contributed by atoms with Gasteiger partial charge in [0.25, 0.3) is 0 Å². The van der Waals surface area contributed by atoms with Gasteiger partial charge >= 0.3 is 0 Å². The van der Waals surface area contributed by atoms with Gasteiger partial charge in [-0.25, -0.2) is 0 Å². The van der Waals surface area contributed by atoms with E-state index in [0.29, 0.717) is 0 Å². The number of nitrogens with zero attached hydrogens (tertiary/aromatic N) is 5. The molecule has 13 rings (SSSR count). The van der Waals surface area contributed by atoms with E-state index in [2.05, 4.69) is 184 Å². The minimum atomic E-state index is 0.790. The molecule has 0 unspecified atom stereocenters. The molecule has 0 spiro atoms. The Morgan fingerprint density at radius 2 is 0.806 bits per heavy atom. The second-order valence-electron chi connectivity index (χ2n) is 15.9. The van der Waals surface area contributed by atoms with Crippen molar-refractivity contribution in [3.05, 3.63) is 212 Å². The predicted octanol–water partition coefficient (Wildman–Crippen LogP) is 14.4. The van der Waals surface area contributed by atoms with Gasteiger partial charge in [-0.2, -0.15) is 0 Å². The van der Waals surface area contributed by atoms with Crippen molar-refractivity contribution in [1.29, 1.82) is 0 Å². The first-order chi connectivity index (χ1) is 30.8. The molecule has 62 heavy (non-hydrogen) atoms. The van der Waals surface area contributed by atoms with E-state index in [4.69, 9.17) is 14.6 Å². The fraction of sp³-hybridized carbons (Fsp3) is 0. The highest BCUT2D eigenvalue weighted by molar-refractivity contribution is 6.24. The third kappa shape index (κ3) is 5.17. The highest BCUT2D eigenvalue weighted by atomic mass is 16.3. The third-order valence-electron chi connectivity index (χ3n) is 12.4. The monoisotopic (exact) mass is 793 g/mol. The average molecular weight is 794 g/mol. The number of para-hydroxylation sites is 3. The van der Waals surface area contributed by atoms with Crippen LogP contribution < -0.4 is 0 Å². The fourth-order valence-corrected chi connectivity index (χ4v) is 9.62. The Kier molecular flexibility index (Phi) is 7.50. The minimum absolute atomic E-state index is 0.790. The molecule has 0 aliphatic heterocycles. The molecule has 0 aliphatic carbocycles. The van der Waals surface area contributed by atoms with Crippen molar-refractivity contribution < 1.29 is 4.42 Å². The zero-order chi connectivity index (χ0) is 40.7. The van der Waals surface area contributed by atoms with Crippen LogP contribution in [-0.4, -0.2) is 23.9 Å². The highest BCUT2D eigenvalue weighted by Gasteiger charge is 2.21. The molecule has 4 aromatic heterocycles. The van der Waals surface area contributed by atoms with E-state index >= 15 is 0 Å². The molecular weight excluding hydrogens is 759 g/mol. The number of fused-ring (bicyclic) bond motifs is 10. The van der Waals surface area contributed by atoms with Crippen LogP contribution in [0.1, 0.15) is 0 Å². The summed E-state index contributed by atoms with van der Waals surface area (Å²) in [5.74, 6) is 1.58. The SMILES string of the molecule is c1ccc(-c2nnc(-c3ccccc3)n2-c2ccc3c4ccccc4n(-c4cccc(-c5cccc(-n6c7ccccc7c7c8oc9ccccc9c8ccc76)c5)c4)c3c2)cc1. The second-order valence-corrected chi connectivity index (χ2v) is 15.9. The summed E-state index contributed by atoms with van der Waals surface area (Å²) in [6.45, 7) is 0. The van der Waals surface area contributed by atoms with E-state index in [9.17, 15) is 0 Å². The van der Waals surface area contributed by atoms with Crippen molar-refractivity contribution in [2.75, 3.05) is 0 Å². The fourth-order valence-electron chi connectivity index (χ4n) is 9.62. The smallest absolute Gasteiger partial charge is 0.168 e. The Morgan fingerprint density at radius 1 is 0.306 bits per heavy atom. The molecule has 0 saturated heterocycles. The van der Waals surface area contributed by atoms with Gasteiger partial charge in [0, 0.05) is 49.4 Å². The summed E-state index contributed by atoms with van der Waals surface area (Å²) < 4.78 is 13.5. The molecule has 0 saturated carbocycles. The number of benzene rings is 9. The number of rotatable bonds is 6. The van der Waals surface area contributed by atoms with Gasteiger partial charge in [0.05, 0.1) is 33.1 Å². The van der Waals surface area contributed by atoms with Gasteiger partial charge in [-0.3, -0.25) is 4.57 Å². The van der Waals surface area contributed by atoms with E-state index in [1.807, 2.05) is 42.5 Å². The van der Waals surface area contributed by atoms with Gasteiger partial charge in [-0.15, -0.1) is 10.2 Å². The van der Waals surface area contributed by atoms with Crippen LogP contribution in [0.5, 0.6) is 0 Å². The van der Waals surface area contributed by atoms with E-state index < -0.39 is 0 Å². The van der Waals surface area contributed by atoms with E-state index in [1.165, 1.54) is 16.2 Å². The van der Waals surface area contributed by atoms with E-state index in [1.54, 1.807) is 0 Å². The Labute approximate surface area is 355 Å². The zero-order valence-corrected chi connectivity index (χ0v) is 33.4. The Bertz CT molecular complexity index is 3810. The topological polar surface area (TPSA) is 53.7 Å². The molecule has 0 radical (unpaired) electrons. The van der Waals surface area contributed by atoms with Crippen LogP contribution in [0.4, 0.5) is 0 Å². The summed E-state index contributed by atoms with van der Waals surface area (Å²) in [6, 6.07) is 75.2. The maximum absolute atomic E-state index is 6.58. The van der Waals surface area contributed by atoms with Gasteiger partial charge in [-0.1, -0.05) is 146 Å². The number of furan rings is 1. The van der Waals surface area contributed by atoms with Gasteiger partial charge in [0.2, 0.25) is 0 Å². The molecule has 0 atom stereocenters. The summed E-state index contributed by atoms with van der Waals surface area (Å²) in [4.78, 5) is 0. The predicted molar refractivity (Wildman–Crippen MR) is 254 cm³/mol. The summed E-state index contributed by atoms with van der Waals surface area (Å²) in [7, 11) is 0. The quantitative estimate of drug-likeness (QED) is 0.168. The highest BCUT2D eigenvalue weighted by Crippen LogP contribution is 2.42. The molecule has 0 fully saturated rings. The zero-order valence-electron chi connectivity index (χ0n) is 33.4. The molecule has 9 aromatic carbocycles. The van der Waals surface area contributed by atoms with Crippen LogP contribution >= 0.6 is 0 Å². The Hall–Kier alpha value is -8.48. The second kappa shape index (κ2) is 13.5. The Morgan fingerprint density at radius 3 is 1.48 bits per heavy atom. The first kappa shape index (κ1) is 34.4. The lowest BCUT2D eigenvalue weighted by atomic mass is 10.0. The number of hydrogen-bond donors (Lipinski definition) is 0. The summed E-state index contributed by atoms with van der Waals surface area (Å²) in [5, 5.41) is 16.5.